The van der Waals surface area contributed by atoms with Crippen LogP contribution in [-0.2, 0) is 0 Å². The van der Waals surface area contributed by atoms with E-state index in [2.05, 4.69) is 20.2 Å². The second-order valence-electron chi connectivity index (χ2n) is 7.20. The van der Waals surface area contributed by atoms with Gasteiger partial charge in [-0.3, -0.25) is 9.55 Å². The fraction of sp³-hybridized carbons (Fsp3) is 0.227. The fourth-order valence-corrected chi connectivity index (χ4v) is 3.79. The first kappa shape index (κ1) is 18.6. The summed E-state index contributed by atoms with van der Waals surface area (Å²) in [5, 5.41) is 3.39. The Morgan fingerprint density at radius 2 is 1.77 bits per heavy atom. The van der Waals surface area contributed by atoms with Crippen molar-refractivity contribution in [1.29, 1.82) is 0 Å². The van der Waals surface area contributed by atoms with Crippen molar-refractivity contribution in [1.82, 2.24) is 24.8 Å². The van der Waals surface area contributed by atoms with E-state index in [1.807, 2.05) is 24.3 Å². The summed E-state index contributed by atoms with van der Waals surface area (Å²) < 4.78 is 29.9. The van der Waals surface area contributed by atoms with Crippen LogP contribution in [0.4, 0.5) is 14.6 Å². The summed E-state index contributed by atoms with van der Waals surface area (Å²) in [5.74, 6) is -0.0687. The van der Waals surface area contributed by atoms with Crippen molar-refractivity contribution in [3.63, 3.8) is 0 Å². The van der Waals surface area contributed by atoms with Gasteiger partial charge in [0.1, 0.15) is 28.8 Å². The molecule has 1 aliphatic rings. The minimum atomic E-state index is -0.667. The molecule has 1 aliphatic heterocycles. The Kier molecular flexibility index (Phi) is 4.84. The molecule has 0 bridgehead atoms. The smallest absolute Gasteiger partial charge is 0.167 e. The van der Waals surface area contributed by atoms with Crippen molar-refractivity contribution in [2.24, 2.45) is 0 Å². The zero-order valence-corrected chi connectivity index (χ0v) is 16.2. The van der Waals surface area contributed by atoms with Crippen LogP contribution in [0.25, 0.3) is 28.2 Å². The molecule has 5 rings (SSSR count). The van der Waals surface area contributed by atoms with E-state index in [4.69, 9.17) is 4.98 Å². The third-order valence-corrected chi connectivity index (χ3v) is 5.25. The molecule has 0 unspecified atom stereocenters. The Morgan fingerprint density at radius 1 is 0.900 bits per heavy atom. The highest BCUT2D eigenvalue weighted by Crippen LogP contribution is 2.30. The molecule has 1 fully saturated rings. The number of hydrogen-bond donors (Lipinski definition) is 1. The molecule has 3 aromatic heterocycles. The van der Waals surface area contributed by atoms with Crippen LogP contribution in [0.3, 0.4) is 0 Å². The van der Waals surface area contributed by atoms with Crippen molar-refractivity contribution in [3.8, 4) is 17.1 Å². The minimum Gasteiger partial charge on any atom is -0.355 e. The largest absolute Gasteiger partial charge is 0.355 e. The van der Waals surface area contributed by atoms with Gasteiger partial charge in [0.15, 0.2) is 5.65 Å². The van der Waals surface area contributed by atoms with Gasteiger partial charge in [-0.1, -0.05) is 0 Å². The molecule has 1 saturated heterocycles. The van der Waals surface area contributed by atoms with Crippen molar-refractivity contribution >= 4 is 17.0 Å². The first-order valence-electron chi connectivity index (χ1n) is 9.92. The van der Waals surface area contributed by atoms with Gasteiger partial charge >= 0.3 is 0 Å². The average Bonchev–Trinajstić information content (AvgIpc) is 2.93. The SMILES string of the molecule is Fc1ccc(-c2nc3ccc(N4CCCNCC4)nc3n2-c2ccncc2)c(F)c1. The standard InChI is InChI=1S/C22H20F2N6/c23-15-2-3-17(18(24)14-15)21-27-19-4-5-20(29-12-1-8-25-11-13-29)28-22(19)30(21)16-6-9-26-10-7-16/h2-7,9-10,14,25H,1,8,11-13H2. The number of benzene rings is 1. The third kappa shape index (κ3) is 3.39. The Morgan fingerprint density at radius 3 is 2.60 bits per heavy atom. The van der Waals surface area contributed by atoms with Crippen LogP contribution in [0.5, 0.6) is 0 Å². The lowest BCUT2D eigenvalue weighted by Crippen LogP contribution is -2.28. The van der Waals surface area contributed by atoms with Gasteiger partial charge in [-0.05, 0) is 49.4 Å². The van der Waals surface area contributed by atoms with E-state index >= 15 is 0 Å². The van der Waals surface area contributed by atoms with E-state index < -0.39 is 11.6 Å². The van der Waals surface area contributed by atoms with Crippen LogP contribution in [0.2, 0.25) is 0 Å². The predicted molar refractivity (Wildman–Crippen MR) is 112 cm³/mol. The lowest BCUT2D eigenvalue weighted by Gasteiger charge is -2.21. The normalized spacial score (nSPS) is 14.8. The molecule has 30 heavy (non-hydrogen) atoms. The molecule has 0 saturated carbocycles. The maximum Gasteiger partial charge on any atom is 0.167 e. The van der Waals surface area contributed by atoms with E-state index in [0.717, 1.165) is 50.2 Å². The second-order valence-corrected chi connectivity index (χ2v) is 7.20. The Balaban J connectivity index is 1.72. The summed E-state index contributed by atoms with van der Waals surface area (Å²) in [6.07, 6.45) is 4.36. The first-order chi connectivity index (χ1) is 14.7. The number of rotatable bonds is 3. The summed E-state index contributed by atoms with van der Waals surface area (Å²) in [7, 11) is 0. The second kappa shape index (κ2) is 7.79. The number of anilines is 1. The van der Waals surface area contributed by atoms with Crippen LogP contribution in [0.15, 0.2) is 54.9 Å². The van der Waals surface area contributed by atoms with Crippen molar-refractivity contribution < 1.29 is 8.78 Å². The van der Waals surface area contributed by atoms with E-state index in [0.29, 0.717) is 17.0 Å². The van der Waals surface area contributed by atoms with Crippen molar-refractivity contribution in [2.45, 2.75) is 6.42 Å². The topological polar surface area (TPSA) is 58.9 Å². The molecule has 0 aliphatic carbocycles. The van der Waals surface area contributed by atoms with E-state index in [9.17, 15) is 8.78 Å². The fourth-order valence-electron chi connectivity index (χ4n) is 3.79. The monoisotopic (exact) mass is 406 g/mol. The predicted octanol–water partition coefficient (Wildman–Crippen LogP) is 3.56. The number of nitrogens with one attached hydrogen (secondary N) is 1. The lowest BCUT2D eigenvalue weighted by atomic mass is 10.2. The summed E-state index contributed by atoms with van der Waals surface area (Å²) in [6.45, 7) is 3.66. The molecule has 6 nitrogen and oxygen atoms in total. The average molecular weight is 406 g/mol. The Bertz CT molecular complexity index is 1180. The molecule has 1 N–H and O–H groups in total. The van der Waals surface area contributed by atoms with Gasteiger partial charge < -0.3 is 10.2 Å². The quantitative estimate of drug-likeness (QED) is 0.564. The Labute approximate surface area is 172 Å². The van der Waals surface area contributed by atoms with E-state index in [-0.39, 0.29) is 5.56 Å². The first-order valence-corrected chi connectivity index (χ1v) is 9.92. The molecular weight excluding hydrogens is 386 g/mol. The Hall–Kier alpha value is -3.39. The molecule has 1 aromatic carbocycles. The van der Waals surface area contributed by atoms with Gasteiger partial charge in [-0.25, -0.2) is 18.7 Å². The van der Waals surface area contributed by atoms with Gasteiger partial charge in [-0.2, -0.15) is 0 Å². The number of imidazole rings is 1. The van der Waals surface area contributed by atoms with Crippen LogP contribution in [0.1, 0.15) is 6.42 Å². The number of halogens is 2. The summed E-state index contributed by atoms with van der Waals surface area (Å²) in [4.78, 5) is 15.8. The highest BCUT2D eigenvalue weighted by Gasteiger charge is 2.20. The number of hydrogen-bond acceptors (Lipinski definition) is 5. The molecule has 0 atom stereocenters. The number of fused-ring (bicyclic) bond motifs is 1. The summed E-state index contributed by atoms with van der Waals surface area (Å²) >= 11 is 0. The van der Waals surface area contributed by atoms with E-state index in [1.54, 1.807) is 17.0 Å². The highest BCUT2D eigenvalue weighted by atomic mass is 19.1. The molecule has 152 valence electrons. The maximum absolute atomic E-state index is 14.6. The van der Waals surface area contributed by atoms with E-state index in [1.165, 1.54) is 12.1 Å². The van der Waals surface area contributed by atoms with Gasteiger partial charge in [0.05, 0.1) is 11.3 Å². The zero-order chi connectivity index (χ0) is 20.5. The maximum atomic E-state index is 14.6. The lowest BCUT2D eigenvalue weighted by molar-refractivity contribution is 0.584. The third-order valence-electron chi connectivity index (χ3n) is 5.25. The van der Waals surface area contributed by atoms with Crippen molar-refractivity contribution in [3.05, 3.63) is 66.5 Å². The summed E-state index contributed by atoms with van der Waals surface area (Å²) in [6, 6.07) is 11.0. The van der Waals surface area contributed by atoms with Gasteiger partial charge in [0, 0.05) is 38.1 Å². The summed E-state index contributed by atoms with van der Waals surface area (Å²) in [5.41, 5.74) is 2.23. The minimum absolute atomic E-state index is 0.215. The van der Waals surface area contributed by atoms with Crippen LogP contribution in [0, 0.1) is 11.6 Å². The zero-order valence-electron chi connectivity index (χ0n) is 16.2. The van der Waals surface area contributed by atoms with Gasteiger partial charge in [0.2, 0.25) is 0 Å². The van der Waals surface area contributed by atoms with Crippen LogP contribution in [-0.4, -0.2) is 45.7 Å². The molecule has 4 aromatic rings. The van der Waals surface area contributed by atoms with Gasteiger partial charge in [-0.15, -0.1) is 0 Å². The van der Waals surface area contributed by atoms with Crippen LogP contribution >= 0.6 is 0 Å². The molecule has 8 heteroatoms. The number of nitrogens with zero attached hydrogens (tertiary/aromatic N) is 5. The molecular formula is C22H20F2N6. The molecule has 0 amide bonds. The number of aromatic nitrogens is 4. The number of pyridine rings is 2. The molecule has 0 radical (unpaired) electrons. The molecule has 0 spiro atoms. The van der Waals surface area contributed by atoms with Crippen molar-refractivity contribution in [2.75, 3.05) is 31.1 Å². The van der Waals surface area contributed by atoms with Gasteiger partial charge in [0.25, 0.3) is 0 Å². The van der Waals surface area contributed by atoms with Crippen LogP contribution < -0.4 is 10.2 Å². The molecule has 4 heterocycles. The highest BCUT2D eigenvalue weighted by molar-refractivity contribution is 5.81.